The third-order valence-electron chi connectivity index (χ3n) is 6.84. The van der Waals surface area contributed by atoms with Gasteiger partial charge in [0.15, 0.2) is 0 Å². The molecule has 5 aromatic rings. The van der Waals surface area contributed by atoms with Gasteiger partial charge in [-0.15, -0.1) is 0 Å². The van der Waals surface area contributed by atoms with Crippen molar-refractivity contribution in [2.75, 3.05) is 5.32 Å². The minimum atomic E-state index is -1.35. The number of carbonyl (C=O) groups excluding carboxylic acids is 1. The van der Waals surface area contributed by atoms with Gasteiger partial charge in [0.05, 0.1) is 11.0 Å². The number of carbonyl (C=O) groups is 2. The summed E-state index contributed by atoms with van der Waals surface area (Å²) in [6.07, 6.45) is 0.434. The Hall–Kier alpha value is -5.11. The van der Waals surface area contributed by atoms with Gasteiger partial charge in [0, 0.05) is 30.8 Å². The predicted molar refractivity (Wildman–Crippen MR) is 160 cm³/mol. The largest absolute Gasteiger partial charge is 0.511 e. The van der Waals surface area contributed by atoms with Crippen molar-refractivity contribution in [2.45, 2.75) is 39.8 Å². The predicted octanol–water partition coefficient (Wildman–Crippen LogP) is 7.39. The van der Waals surface area contributed by atoms with Crippen molar-refractivity contribution in [1.82, 2.24) is 14.9 Å². The van der Waals surface area contributed by atoms with Gasteiger partial charge in [0.1, 0.15) is 11.6 Å². The lowest BCUT2D eigenvalue weighted by molar-refractivity contribution is 0.144. The molecular weight excluding hydrogens is 516 g/mol. The van der Waals surface area contributed by atoms with Crippen molar-refractivity contribution >= 4 is 28.9 Å². The first-order valence-electron chi connectivity index (χ1n) is 13.6. The van der Waals surface area contributed by atoms with E-state index in [1.54, 1.807) is 12.1 Å². The Morgan fingerprint density at radius 2 is 1.66 bits per heavy atom. The molecule has 2 amide bonds. The number of anilines is 1. The van der Waals surface area contributed by atoms with Crippen LogP contribution in [0.1, 0.15) is 35.9 Å². The molecular formula is C33H32N4O4. The third-order valence-corrected chi connectivity index (χ3v) is 6.84. The molecule has 0 unspecified atom stereocenters. The van der Waals surface area contributed by atoms with Crippen LogP contribution in [0, 0.1) is 6.92 Å². The molecule has 0 atom stereocenters. The highest BCUT2D eigenvalue weighted by Crippen LogP contribution is 2.31. The molecule has 4 aromatic carbocycles. The van der Waals surface area contributed by atoms with E-state index in [1.165, 1.54) is 0 Å². The molecule has 1 heterocycles. The summed E-state index contributed by atoms with van der Waals surface area (Å²) in [7, 11) is 0. The molecule has 0 bridgehead atoms. The van der Waals surface area contributed by atoms with Gasteiger partial charge >= 0.3 is 12.2 Å². The second-order valence-electron chi connectivity index (χ2n) is 9.88. The number of benzene rings is 4. The summed E-state index contributed by atoms with van der Waals surface area (Å²) >= 11 is 0. The SMILES string of the molecule is CCCc1nc2c(C)cc(NC(=O)NCc3ccccc3)cc2n1Cc1ccc(-c2ccccc2OC(=O)O)cc1. The van der Waals surface area contributed by atoms with Crippen LogP contribution in [0.15, 0.2) is 91.0 Å². The van der Waals surface area contributed by atoms with Gasteiger partial charge in [-0.2, -0.15) is 0 Å². The highest BCUT2D eigenvalue weighted by molar-refractivity contribution is 5.93. The van der Waals surface area contributed by atoms with Gasteiger partial charge in [0.2, 0.25) is 0 Å². The number of imidazole rings is 1. The minimum absolute atomic E-state index is 0.268. The lowest BCUT2D eigenvalue weighted by Gasteiger charge is -2.13. The molecule has 8 heteroatoms. The number of nitrogens with zero attached hydrogens (tertiary/aromatic N) is 2. The summed E-state index contributed by atoms with van der Waals surface area (Å²) in [6, 6.07) is 28.5. The molecule has 0 spiro atoms. The first kappa shape index (κ1) is 27.5. The second kappa shape index (κ2) is 12.4. The Labute approximate surface area is 238 Å². The number of hydrogen-bond acceptors (Lipinski definition) is 4. The molecule has 0 aliphatic rings. The van der Waals surface area contributed by atoms with Crippen LogP contribution in [0.4, 0.5) is 15.3 Å². The number of amides is 2. The maximum atomic E-state index is 12.7. The molecule has 0 fully saturated rings. The molecule has 0 radical (unpaired) electrons. The van der Waals surface area contributed by atoms with Gasteiger partial charge < -0.3 is 25.0 Å². The number of rotatable bonds is 9. The van der Waals surface area contributed by atoms with Gasteiger partial charge in [-0.25, -0.2) is 14.6 Å². The summed E-state index contributed by atoms with van der Waals surface area (Å²) in [5, 5.41) is 15.0. The molecule has 5 rings (SSSR count). The van der Waals surface area contributed by atoms with Crippen LogP contribution in [0.5, 0.6) is 5.75 Å². The second-order valence-corrected chi connectivity index (χ2v) is 9.88. The highest BCUT2D eigenvalue weighted by Gasteiger charge is 2.15. The van der Waals surface area contributed by atoms with E-state index in [2.05, 4.69) is 22.1 Å². The van der Waals surface area contributed by atoms with Gasteiger partial charge in [0.25, 0.3) is 0 Å². The Kier molecular flexibility index (Phi) is 8.29. The summed E-state index contributed by atoms with van der Waals surface area (Å²) < 4.78 is 7.17. The lowest BCUT2D eigenvalue weighted by Crippen LogP contribution is -2.28. The minimum Gasteiger partial charge on any atom is -0.449 e. The molecule has 41 heavy (non-hydrogen) atoms. The number of ether oxygens (including phenoxy) is 1. The third kappa shape index (κ3) is 6.55. The van der Waals surface area contributed by atoms with Gasteiger partial charge in [-0.1, -0.05) is 79.7 Å². The summed E-state index contributed by atoms with van der Waals surface area (Å²) in [6.45, 7) is 5.18. The van der Waals surface area contributed by atoms with Crippen LogP contribution in [-0.4, -0.2) is 26.8 Å². The van der Waals surface area contributed by atoms with E-state index in [-0.39, 0.29) is 6.03 Å². The molecule has 0 aliphatic carbocycles. The zero-order valence-electron chi connectivity index (χ0n) is 23.1. The van der Waals surface area contributed by atoms with E-state index in [0.717, 1.165) is 52.0 Å². The highest BCUT2D eigenvalue weighted by atomic mass is 16.7. The van der Waals surface area contributed by atoms with E-state index in [9.17, 15) is 9.59 Å². The molecule has 3 N–H and O–H groups in total. The standard InChI is InChI=1S/C33H32N4O4/c1-3-9-30-36-31-22(2)18-26(35-32(38)34-20-23-10-5-4-6-11-23)19-28(31)37(30)21-24-14-16-25(17-15-24)27-12-7-8-13-29(27)41-33(39)40/h4-8,10-19H,3,9,20-21H2,1-2H3,(H,39,40)(H2,34,35,38). The molecule has 0 saturated heterocycles. The van der Waals surface area contributed by atoms with Crippen molar-refractivity contribution in [1.29, 1.82) is 0 Å². The van der Waals surface area contributed by atoms with Crippen molar-refractivity contribution in [3.63, 3.8) is 0 Å². The van der Waals surface area contributed by atoms with Crippen LogP contribution < -0.4 is 15.4 Å². The topological polar surface area (TPSA) is 105 Å². The molecule has 0 aliphatic heterocycles. The molecule has 1 aromatic heterocycles. The number of fused-ring (bicyclic) bond motifs is 1. The van der Waals surface area contributed by atoms with Crippen LogP contribution in [0.3, 0.4) is 0 Å². The Morgan fingerprint density at radius 3 is 2.39 bits per heavy atom. The van der Waals surface area contributed by atoms with Crippen LogP contribution in [0.25, 0.3) is 22.2 Å². The zero-order chi connectivity index (χ0) is 28.8. The Bertz CT molecular complexity index is 1680. The number of aromatic nitrogens is 2. The van der Waals surface area contributed by atoms with Crippen molar-refractivity contribution < 1.29 is 19.4 Å². The number of nitrogens with one attached hydrogen (secondary N) is 2. The number of para-hydroxylation sites is 1. The van der Waals surface area contributed by atoms with Gasteiger partial charge in [-0.3, -0.25) is 0 Å². The van der Waals surface area contributed by atoms with Crippen LogP contribution >= 0.6 is 0 Å². The van der Waals surface area contributed by atoms with Crippen LogP contribution in [-0.2, 0) is 19.5 Å². The maximum absolute atomic E-state index is 12.7. The maximum Gasteiger partial charge on any atom is 0.511 e. The number of hydrogen-bond donors (Lipinski definition) is 3. The number of carboxylic acid groups (broad SMARTS) is 1. The average Bonchev–Trinajstić information content (AvgIpc) is 3.30. The fourth-order valence-electron chi connectivity index (χ4n) is 4.92. The van der Waals surface area contributed by atoms with E-state index in [0.29, 0.717) is 30.1 Å². The van der Waals surface area contributed by atoms with Crippen molar-refractivity contribution in [3.8, 4) is 16.9 Å². The Morgan fingerprint density at radius 1 is 0.927 bits per heavy atom. The van der Waals surface area contributed by atoms with Crippen molar-refractivity contribution in [2.24, 2.45) is 0 Å². The fourth-order valence-corrected chi connectivity index (χ4v) is 4.92. The van der Waals surface area contributed by atoms with Gasteiger partial charge in [-0.05, 0) is 53.8 Å². The van der Waals surface area contributed by atoms with E-state index in [4.69, 9.17) is 14.8 Å². The normalized spacial score (nSPS) is 10.9. The summed E-state index contributed by atoms with van der Waals surface area (Å²) in [5.74, 6) is 1.28. The number of aryl methyl sites for hydroxylation is 2. The zero-order valence-corrected chi connectivity index (χ0v) is 23.1. The van der Waals surface area contributed by atoms with Crippen molar-refractivity contribution in [3.05, 3.63) is 114 Å². The van der Waals surface area contributed by atoms with Crippen LogP contribution in [0.2, 0.25) is 0 Å². The lowest BCUT2D eigenvalue weighted by atomic mass is 10.0. The monoisotopic (exact) mass is 548 g/mol. The summed E-state index contributed by atoms with van der Waals surface area (Å²) in [5.41, 5.74) is 7.23. The smallest absolute Gasteiger partial charge is 0.449 e. The number of urea groups is 1. The van der Waals surface area contributed by atoms with E-state index >= 15 is 0 Å². The molecule has 208 valence electrons. The first-order chi connectivity index (χ1) is 19.9. The van der Waals surface area contributed by atoms with E-state index < -0.39 is 6.16 Å². The summed E-state index contributed by atoms with van der Waals surface area (Å²) in [4.78, 5) is 28.7. The Balaban J connectivity index is 1.40. The average molecular weight is 549 g/mol. The quantitative estimate of drug-likeness (QED) is 0.132. The fraction of sp³-hybridized carbons (Fsp3) is 0.182. The molecule has 8 nitrogen and oxygen atoms in total. The molecule has 0 saturated carbocycles. The first-order valence-corrected chi connectivity index (χ1v) is 13.6. The van der Waals surface area contributed by atoms with E-state index in [1.807, 2.05) is 85.8 Å².